The van der Waals surface area contributed by atoms with E-state index in [1.165, 1.54) is 6.21 Å². The highest BCUT2D eigenvalue weighted by atomic mass is 35.5. The van der Waals surface area contributed by atoms with E-state index in [1.54, 1.807) is 62.8 Å². The van der Waals surface area contributed by atoms with E-state index >= 15 is 0 Å². The first-order valence-corrected chi connectivity index (χ1v) is 9.34. The number of hydrazone groups is 1. The van der Waals surface area contributed by atoms with Gasteiger partial charge in [-0.25, -0.2) is 5.43 Å². The molecular formula is C21H18Cl2N2O4. The number of carbonyl (C=O) groups is 1. The molecule has 0 spiro atoms. The van der Waals surface area contributed by atoms with E-state index in [0.29, 0.717) is 38.6 Å². The normalized spacial score (nSPS) is 10.9. The summed E-state index contributed by atoms with van der Waals surface area (Å²) in [5.74, 6) is 1.89. The maximum Gasteiger partial charge on any atom is 0.244 e. The number of nitrogens with zero attached hydrogens (tertiary/aromatic N) is 1. The first-order chi connectivity index (χ1) is 14.0. The third-order valence-corrected chi connectivity index (χ3v) is 4.58. The van der Waals surface area contributed by atoms with Crippen molar-refractivity contribution in [1.82, 2.24) is 5.43 Å². The SMILES string of the molecule is COc1ccc(CC(=O)NN=Cc2ccc(-c3cc(Cl)ccc3Cl)o2)cc1OC. The van der Waals surface area contributed by atoms with Gasteiger partial charge < -0.3 is 13.9 Å². The number of halogens is 2. The second kappa shape index (κ2) is 9.49. The van der Waals surface area contributed by atoms with Gasteiger partial charge in [-0.1, -0.05) is 29.3 Å². The zero-order chi connectivity index (χ0) is 20.8. The Balaban J connectivity index is 1.61. The summed E-state index contributed by atoms with van der Waals surface area (Å²) in [6.07, 6.45) is 1.55. The van der Waals surface area contributed by atoms with Crippen LogP contribution in [0.5, 0.6) is 11.5 Å². The number of furan rings is 1. The van der Waals surface area contributed by atoms with Crippen molar-refractivity contribution in [3.63, 3.8) is 0 Å². The standard InChI is InChI=1S/C21H18Cl2N2O4/c1-27-19-7-3-13(9-20(19)28-2)10-21(26)25-24-12-15-5-8-18(29-15)16-11-14(22)4-6-17(16)23/h3-9,11-12H,10H2,1-2H3,(H,25,26). The molecule has 1 heterocycles. The predicted octanol–water partition coefficient (Wildman–Crippen LogP) is 4.96. The van der Waals surface area contributed by atoms with Crippen molar-refractivity contribution in [2.45, 2.75) is 6.42 Å². The molecule has 0 unspecified atom stereocenters. The molecule has 0 atom stereocenters. The van der Waals surface area contributed by atoms with E-state index in [9.17, 15) is 4.79 Å². The van der Waals surface area contributed by atoms with E-state index in [0.717, 1.165) is 5.56 Å². The molecule has 150 valence electrons. The lowest BCUT2D eigenvalue weighted by molar-refractivity contribution is -0.120. The Morgan fingerprint density at radius 1 is 1.07 bits per heavy atom. The number of carbonyl (C=O) groups excluding carboxylic acids is 1. The van der Waals surface area contributed by atoms with Gasteiger partial charge in [0.05, 0.1) is 31.9 Å². The fourth-order valence-electron chi connectivity index (χ4n) is 2.64. The van der Waals surface area contributed by atoms with Gasteiger partial charge in [-0.15, -0.1) is 0 Å². The summed E-state index contributed by atoms with van der Waals surface area (Å²) in [5, 5.41) is 5.01. The van der Waals surface area contributed by atoms with Crippen molar-refractivity contribution >= 4 is 35.3 Å². The summed E-state index contributed by atoms with van der Waals surface area (Å²) in [6, 6.07) is 13.9. The molecule has 0 saturated heterocycles. The highest BCUT2D eigenvalue weighted by Gasteiger charge is 2.10. The van der Waals surface area contributed by atoms with Crippen LogP contribution < -0.4 is 14.9 Å². The van der Waals surface area contributed by atoms with Gasteiger partial charge in [-0.05, 0) is 48.0 Å². The highest BCUT2D eigenvalue weighted by Crippen LogP contribution is 2.31. The van der Waals surface area contributed by atoms with Gasteiger partial charge in [0, 0.05) is 10.6 Å². The Bertz CT molecular complexity index is 1050. The molecule has 8 heteroatoms. The average Bonchev–Trinajstić information content (AvgIpc) is 3.18. The van der Waals surface area contributed by atoms with Gasteiger partial charge in [0.15, 0.2) is 11.5 Å². The van der Waals surface area contributed by atoms with Crippen LogP contribution in [0.1, 0.15) is 11.3 Å². The van der Waals surface area contributed by atoms with Crippen molar-refractivity contribution in [3.8, 4) is 22.8 Å². The van der Waals surface area contributed by atoms with Crippen LogP contribution >= 0.6 is 23.2 Å². The topological polar surface area (TPSA) is 73.1 Å². The second-order valence-electron chi connectivity index (χ2n) is 5.99. The van der Waals surface area contributed by atoms with Crippen LogP contribution in [-0.2, 0) is 11.2 Å². The first kappa shape index (κ1) is 20.8. The fourth-order valence-corrected chi connectivity index (χ4v) is 3.02. The Morgan fingerprint density at radius 2 is 1.86 bits per heavy atom. The van der Waals surface area contributed by atoms with Gasteiger partial charge >= 0.3 is 0 Å². The van der Waals surface area contributed by atoms with Crippen LogP contribution in [-0.4, -0.2) is 26.3 Å². The molecule has 0 bridgehead atoms. The zero-order valence-corrected chi connectivity index (χ0v) is 17.3. The van der Waals surface area contributed by atoms with Crippen molar-refractivity contribution in [3.05, 3.63) is 69.9 Å². The number of ether oxygens (including phenoxy) is 2. The van der Waals surface area contributed by atoms with E-state index in [1.807, 2.05) is 0 Å². The Hall–Kier alpha value is -2.96. The molecule has 1 amide bonds. The number of benzene rings is 2. The van der Waals surface area contributed by atoms with Crippen molar-refractivity contribution < 1.29 is 18.7 Å². The van der Waals surface area contributed by atoms with Gasteiger partial charge in [0.25, 0.3) is 0 Å². The Morgan fingerprint density at radius 3 is 2.62 bits per heavy atom. The third-order valence-electron chi connectivity index (χ3n) is 4.01. The molecule has 0 aliphatic heterocycles. The maximum absolute atomic E-state index is 12.1. The van der Waals surface area contributed by atoms with Crippen molar-refractivity contribution in [2.75, 3.05) is 14.2 Å². The first-order valence-electron chi connectivity index (χ1n) is 8.58. The third kappa shape index (κ3) is 5.31. The number of hydrogen-bond acceptors (Lipinski definition) is 5. The minimum Gasteiger partial charge on any atom is -0.493 e. The number of nitrogens with one attached hydrogen (secondary N) is 1. The smallest absolute Gasteiger partial charge is 0.244 e. The molecule has 0 aliphatic carbocycles. The summed E-state index contributed by atoms with van der Waals surface area (Å²) in [4.78, 5) is 12.1. The summed E-state index contributed by atoms with van der Waals surface area (Å²) in [5.41, 5.74) is 3.91. The lowest BCUT2D eigenvalue weighted by Crippen LogP contribution is -2.19. The molecule has 0 radical (unpaired) electrons. The maximum atomic E-state index is 12.1. The molecule has 3 rings (SSSR count). The van der Waals surface area contributed by atoms with Crippen LogP contribution in [0.15, 0.2) is 58.0 Å². The average molecular weight is 433 g/mol. The number of hydrogen-bond donors (Lipinski definition) is 1. The zero-order valence-electron chi connectivity index (χ0n) is 15.7. The number of amides is 1. The molecule has 0 fully saturated rings. The Labute approximate surface area is 178 Å². The molecule has 2 aromatic carbocycles. The van der Waals surface area contributed by atoms with Gasteiger partial charge in [-0.3, -0.25) is 4.79 Å². The van der Waals surface area contributed by atoms with Gasteiger partial charge in [-0.2, -0.15) is 5.10 Å². The van der Waals surface area contributed by atoms with E-state index in [-0.39, 0.29) is 12.3 Å². The summed E-state index contributed by atoms with van der Waals surface area (Å²) in [7, 11) is 3.10. The fraction of sp³-hybridized carbons (Fsp3) is 0.143. The lowest BCUT2D eigenvalue weighted by Gasteiger charge is -2.09. The quantitative estimate of drug-likeness (QED) is 0.422. The van der Waals surface area contributed by atoms with Crippen LogP contribution in [0, 0.1) is 0 Å². The van der Waals surface area contributed by atoms with Crippen molar-refractivity contribution in [1.29, 1.82) is 0 Å². The molecule has 1 N–H and O–H groups in total. The van der Waals surface area contributed by atoms with Crippen molar-refractivity contribution in [2.24, 2.45) is 5.10 Å². The van der Waals surface area contributed by atoms with Gasteiger partial charge in [0.1, 0.15) is 11.5 Å². The van der Waals surface area contributed by atoms with E-state index in [4.69, 9.17) is 37.1 Å². The van der Waals surface area contributed by atoms with E-state index < -0.39 is 0 Å². The molecule has 3 aromatic rings. The molecule has 0 aliphatic rings. The van der Waals surface area contributed by atoms with Crippen LogP contribution in [0.4, 0.5) is 0 Å². The molecular weight excluding hydrogens is 415 g/mol. The van der Waals surface area contributed by atoms with Crippen LogP contribution in [0.2, 0.25) is 10.0 Å². The minimum absolute atomic E-state index is 0.138. The summed E-state index contributed by atoms with van der Waals surface area (Å²) >= 11 is 12.2. The molecule has 6 nitrogen and oxygen atoms in total. The van der Waals surface area contributed by atoms with Crippen LogP contribution in [0.3, 0.4) is 0 Å². The Kier molecular flexibility index (Phi) is 6.80. The summed E-state index contributed by atoms with van der Waals surface area (Å²) in [6.45, 7) is 0. The summed E-state index contributed by atoms with van der Waals surface area (Å²) < 4.78 is 16.1. The molecule has 1 aromatic heterocycles. The van der Waals surface area contributed by atoms with E-state index in [2.05, 4.69) is 10.5 Å². The predicted molar refractivity (Wildman–Crippen MR) is 113 cm³/mol. The number of rotatable bonds is 7. The van der Waals surface area contributed by atoms with Crippen LogP contribution in [0.25, 0.3) is 11.3 Å². The lowest BCUT2D eigenvalue weighted by atomic mass is 10.1. The van der Waals surface area contributed by atoms with Gasteiger partial charge in [0.2, 0.25) is 5.91 Å². The molecule has 29 heavy (non-hydrogen) atoms. The molecule has 0 saturated carbocycles. The monoisotopic (exact) mass is 432 g/mol. The highest BCUT2D eigenvalue weighted by molar-refractivity contribution is 6.35. The largest absolute Gasteiger partial charge is 0.493 e. The second-order valence-corrected chi connectivity index (χ2v) is 6.83. The number of methoxy groups -OCH3 is 2. The minimum atomic E-state index is -0.280.